The van der Waals surface area contributed by atoms with E-state index in [1.54, 1.807) is 6.07 Å². The number of aliphatic hydroxyl groups excluding tert-OH is 1. The third-order valence-corrected chi connectivity index (χ3v) is 4.29. The van der Waals surface area contributed by atoms with Crippen molar-refractivity contribution in [3.63, 3.8) is 0 Å². The average molecular weight is 299 g/mol. The maximum atomic E-state index is 14.3. The van der Waals surface area contributed by atoms with Crippen molar-refractivity contribution in [2.45, 2.75) is 32.3 Å². The minimum Gasteiger partial charge on any atom is -0.384 e. The number of rotatable bonds is 3. The molecule has 2 aromatic rings. The van der Waals surface area contributed by atoms with Crippen molar-refractivity contribution < 1.29 is 14.3 Å². The van der Waals surface area contributed by atoms with Crippen molar-refractivity contribution in [1.29, 1.82) is 0 Å². The van der Waals surface area contributed by atoms with Gasteiger partial charge in [-0.2, -0.15) is 0 Å². The molecule has 2 unspecified atom stereocenters. The van der Waals surface area contributed by atoms with E-state index < -0.39 is 11.9 Å². The Labute approximate surface area is 128 Å². The van der Waals surface area contributed by atoms with Gasteiger partial charge in [0, 0.05) is 0 Å². The van der Waals surface area contributed by atoms with Gasteiger partial charge in [0.25, 0.3) is 0 Å². The van der Waals surface area contributed by atoms with Gasteiger partial charge in [-0.05, 0) is 47.7 Å². The van der Waals surface area contributed by atoms with E-state index in [-0.39, 0.29) is 17.5 Å². The molecule has 2 atom stereocenters. The molecule has 0 spiro atoms. The van der Waals surface area contributed by atoms with Crippen LogP contribution < -0.4 is 5.32 Å². The van der Waals surface area contributed by atoms with Crippen LogP contribution in [0, 0.1) is 12.7 Å². The maximum absolute atomic E-state index is 14.3. The van der Waals surface area contributed by atoms with Crippen molar-refractivity contribution in [2.24, 2.45) is 0 Å². The summed E-state index contributed by atoms with van der Waals surface area (Å²) in [6, 6.07) is 10.5. The summed E-state index contributed by atoms with van der Waals surface area (Å²) < 4.78 is 14.3. The number of hydrogen-bond donors (Lipinski definition) is 2. The molecule has 0 radical (unpaired) electrons. The molecular formula is C18H18FNO2. The minimum absolute atomic E-state index is 0.182. The first-order valence-corrected chi connectivity index (χ1v) is 7.40. The number of fused-ring (bicyclic) bond motifs is 1. The highest BCUT2D eigenvalue weighted by atomic mass is 19.1. The molecule has 3 rings (SSSR count). The van der Waals surface area contributed by atoms with E-state index in [2.05, 4.69) is 5.32 Å². The first kappa shape index (κ1) is 14.7. The summed E-state index contributed by atoms with van der Waals surface area (Å²) in [5.41, 5.74) is 3.04. The number of nitrogens with one attached hydrogen (secondary N) is 1. The SMILES string of the molecule is CCC1C(=O)Nc2c(F)cc(C(O)c3ccccc3C)cc21. The van der Waals surface area contributed by atoms with Gasteiger partial charge in [0.1, 0.15) is 11.9 Å². The highest BCUT2D eigenvalue weighted by molar-refractivity contribution is 6.03. The Kier molecular flexibility index (Phi) is 3.71. The molecule has 1 amide bonds. The summed E-state index contributed by atoms with van der Waals surface area (Å²) in [4.78, 5) is 11.9. The Hall–Kier alpha value is -2.20. The molecule has 2 N–H and O–H groups in total. The second kappa shape index (κ2) is 5.54. The Morgan fingerprint density at radius 3 is 2.73 bits per heavy atom. The lowest BCUT2D eigenvalue weighted by Crippen LogP contribution is -2.10. The van der Waals surface area contributed by atoms with E-state index in [0.29, 0.717) is 17.5 Å². The van der Waals surface area contributed by atoms with Crippen LogP contribution >= 0.6 is 0 Å². The standard InChI is InChI=1S/C18H18FNO2/c1-3-12-14-8-11(9-15(19)16(14)20-18(12)22)17(21)13-7-5-4-6-10(13)2/h4-9,12,17,21H,3H2,1-2H3,(H,20,22). The topological polar surface area (TPSA) is 49.3 Å². The molecule has 0 fully saturated rings. The fourth-order valence-corrected chi connectivity index (χ4v) is 3.04. The number of halogens is 1. The summed E-state index contributed by atoms with van der Waals surface area (Å²) in [6.07, 6.45) is -0.309. The molecule has 4 heteroatoms. The number of aryl methyl sites for hydroxylation is 1. The Morgan fingerprint density at radius 2 is 2.05 bits per heavy atom. The normalized spacial score (nSPS) is 18.0. The number of hydrogen-bond acceptors (Lipinski definition) is 2. The number of benzene rings is 2. The number of carbonyl (C=O) groups excluding carboxylic acids is 1. The fourth-order valence-electron chi connectivity index (χ4n) is 3.04. The van der Waals surface area contributed by atoms with Gasteiger partial charge in [0.15, 0.2) is 0 Å². The second-order valence-corrected chi connectivity index (χ2v) is 5.68. The molecule has 1 aliphatic heterocycles. The van der Waals surface area contributed by atoms with Crippen LogP contribution in [0.2, 0.25) is 0 Å². The van der Waals surface area contributed by atoms with E-state index in [1.165, 1.54) is 6.07 Å². The van der Waals surface area contributed by atoms with Crippen molar-refractivity contribution in [1.82, 2.24) is 0 Å². The minimum atomic E-state index is -0.908. The van der Waals surface area contributed by atoms with Gasteiger partial charge in [0.2, 0.25) is 5.91 Å². The summed E-state index contributed by atoms with van der Waals surface area (Å²) in [5, 5.41) is 13.2. The monoisotopic (exact) mass is 299 g/mol. The van der Waals surface area contributed by atoms with Gasteiger partial charge < -0.3 is 10.4 Å². The predicted octanol–water partition coefficient (Wildman–Crippen LogP) is 3.66. The molecule has 114 valence electrons. The van der Waals surface area contributed by atoms with Gasteiger partial charge in [-0.25, -0.2) is 4.39 Å². The lowest BCUT2D eigenvalue weighted by Gasteiger charge is -2.16. The molecular weight excluding hydrogens is 281 g/mol. The van der Waals surface area contributed by atoms with Crippen LogP contribution in [0.3, 0.4) is 0 Å². The highest BCUT2D eigenvalue weighted by Crippen LogP contribution is 2.39. The summed E-state index contributed by atoms with van der Waals surface area (Å²) in [6.45, 7) is 3.80. The molecule has 0 aliphatic carbocycles. The Bertz CT molecular complexity index is 742. The van der Waals surface area contributed by atoms with Gasteiger partial charge in [0.05, 0.1) is 11.6 Å². The smallest absolute Gasteiger partial charge is 0.232 e. The van der Waals surface area contributed by atoms with Crippen LogP contribution in [0.25, 0.3) is 0 Å². The van der Waals surface area contributed by atoms with Crippen LogP contribution in [-0.2, 0) is 4.79 Å². The van der Waals surface area contributed by atoms with Gasteiger partial charge in [-0.3, -0.25) is 4.79 Å². The molecule has 3 nitrogen and oxygen atoms in total. The molecule has 0 bridgehead atoms. The molecule has 1 aliphatic rings. The number of anilines is 1. The van der Waals surface area contributed by atoms with Gasteiger partial charge in [-0.15, -0.1) is 0 Å². The third kappa shape index (κ3) is 2.29. The van der Waals surface area contributed by atoms with E-state index >= 15 is 0 Å². The van der Waals surface area contributed by atoms with Crippen LogP contribution in [0.5, 0.6) is 0 Å². The molecule has 1 heterocycles. The Morgan fingerprint density at radius 1 is 1.32 bits per heavy atom. The van der Waals surface area contributed by atoms with Crippen molar-refractivity contribution >= 4 is 11.6 Å². The number of carbonyl (C=O) groups is 1. The first-order valence-electron chi connectivity index (χ1n) is 7.40. The summed E-state index contributed by atoms with van der Waals surface area (Å²) >= 11 is 0. The third-order valence-electron chi connectivity index (χ3n) is 4.29. The lowest BCUT2D eigenvalue weighted by atomic mass is 9.92. The predicted molar refractivity (Wildman–Crippen MR) is 83.3 cm³/mol. The average Bonchev–Trinajstić information content (AvgIpc) is 2.83. The van der Waals surface area contributed by atoms with Crippen molar-refractivity contribution in [3.8, 4) is 0 Å². The van der Waals surface area contributed by atoms with Crippen molar-refractivity contribution in [2.75, 3.05) is 5.32 Å². The molecule has 0 aromatic heterocycles. The summed E-state index contributed by atoms with van der Waals surface area (Å²) in [7, 11) is 0. The Balaban J connectivity index is 2.07. The second-order valence-electron chi connectivity index (χ2n) is 5.68. The number of aliphatic hydroxyl groups is 1. The van der Waals surface area contributed by atoms with Crippen LogP contribution in [0.15, 0.2) is 36.4 Å². The molecule has 0 saturated heterocycles. The lowest BCUT2D eigenvalue weighted by molar-refractivity contribution is -0.117. The number of amides is 1. The van der Waals surface area contributed by atoms with E-state index in [0.717, 1.165) is 11.1 Å². The van der Waals surface area contributed by atoms with E-state index in [4.69, 9.17) is 0 Å². The zero-order valence-corrected chi connectivity index (χ0v) is 12.6. The van der Waals surface area contributed by atoms with Crippen LogP contribution in [0.1, 0.15) is 47.6 Å². The van der Waals surface area contributed by atoms with E-state index in [9.17, 15) is 14.3 Å². The van der Waals surface area contributed by atoms with E-state index in [1.807, 2.05) is 38.1 Å². The first-order chi connectivity index (χ1) is 10.5. The zero-order valence-electron chi connectivity index (χ0n) is 12.6. The summed E-state index contributed by atoms with van der Waals surface area (Å²) in [5.74, 6) is -1.03. The highest BCUT2D eigenvalue weighted by Gasteiger charge is 2.32. The van der Waals surface area contributed by atoms with Crippen LogP contribution in [-0.4, -0.2) is 11.0 Å². The molecule has 0 saturated carbocycles. The molecule has 2 aromatic carbocycles. The zero-order chi connectivity index (χ0) is 15.9. The van der Waals surface area contributed by atoms with Crippen molar-refractivity contribution in [3.05, 3.63) is 64.5 Å². The largest absolute Gasteiger partial charge is 0.384 e. The quantitative estimate of drug-likeness (QED) is 0.908. The molecule has 22 heavy (non-hydrogen) atoms. The van der Waals surface area contributed by atoms with Gasteiger partial charge in [-0.1, -0.05) is 31.2 Å². The fraction of sp³-hybridized carbons (Fsp3) is 0.278. The maximum Gasteiger partial charge on any atom is 0.232 e. The van der Waals surface area contributed by atoms with Crippen LogP contribution in [0.4, 0.5) is 10.1 Å². The van der Waals surface area contributed by atoms with Gasteiger partial charge >= 0.3 is 0 Å².